The van der Waals surface area contributed by atoms with Gasteiger partial charge in [-0.15, -0.1) is 11.3 Å². The Morgan fingerprint density at radius 2 is 2.05 bits per heavy atom. The molecule has 0 radical (unpaired) electrons. The maximum absolute atomic E-state index is 3.56. The lowest BCUT2D eigenvalue weighted by molar-refractivity contribution is 0.723. The van der Waals surface area contributed by atoms with Gasteiger partial charge in [0.15, 0.2) is 0 Å². The zero-order chi connectivity index (χ0) is 14.5. The molecule has 0 unspecified atom stereocenters. The average molecular weight is 418 g/mol. The van der Waals surface area contributed by atoms with Gasteiger partial charge in [0.1, 0.15) is 0 Å². The molecule has 1 aromatic carbocycles. The second kappa shape index (κ2) is 7.59. The fourth-order valence-corrected chi connectivity index (χ4v) is 3.72. The average Bonchev–Trinajstić information content (AvgIpc) is 2.81. The van der Waals surface area contributed by atoms with Crippen LogP contribution in [0.1, 0.15) is 18.1 Å². The fourth-order valence-electron chi connectivity index (χ4n) is 2.12. The van der Waals surface area contributed by atoms with E-state index in [4.69, 9.17) is 0 Å². The number of hydrogen-bond acceptors (Lipinski definition) is 3. The Morgan fingerprint density at radius 3 is 2.70 bits per heavy atom. The molecule has 2 aromatic rings. The zero-order valence-corrected chi connectivity index (χ0v) is 15.6. The molecule has 2 nitrogen and oxygen atoms in total. The van der Waals surface area contributed by atoms with E-state index in [0.29, 0.717) is 0 Å². The molecule has 0 bridgehead atoms. The Bertz CT molecular complexity index is 569. The molecule has 0 aliphatic carbocycles. The van der Waals surface area contributed by atoms with Gasteiger partial charge in [0, 0.05) is 30.3 Å². The van der Waals surface area contributed by atoms with Gasteiger partial charge in [0.25, 0.3) is 0 Å². The van der Waals surface area contributed by atoms with Gasteiger partial charge in [-0.2, -0.15) is 0 Å². The first kappa shape index (κ1) is 16.0. The number of halogens is 2. The molecule has 0 saturated carbocycles. The van der Waals surface area contributed by atoms with Gasteiger partial charge in [-0.3, -0.25) is 0 Å². The molecule has 0 atom stereocenters. The SMILES string of the molecule is CCNCc1cc(Br)ccc1N(C)Cc1csc(Br)c1. The third-order valence-electron chi connectivity index (χ3n) is 3.06. The van der Waals surface area contributed by atoms with Crippen molar-refractivity contribution in [1.82, 2.24) is 5.32 Å². The summed E-state index contributed by atoms with van der Waals surface area (Å²) >= 11 is 8.81. The molecule has 0 saturated heterocycles. The number of anilines is 1. The molecule has 0 aliphatic heterocycles. The van der Waals surface area contributed by atoms with Gasteiger partial charge < -0.3 is 10.2 Å². The van der Waals surface area contributed by atoms with Gasteiger partial charge in [-0.25, -0.2) is 0 Å². The largest absolute Gasteiger partial charge is 0.370 e. The highest BCUT2D eigenvalue weighted by molar-refractivity contribution is 9.11. The van der Waals surface area contributed by atoms with E-state index < -0.39 is 0 Å². The van der Waals surface area contributed by atoms with Crippen molar-refractivity contribution in [2.75, 3.05) is 18.5 Å². The second-order valence-corrected chi connectivity index (χ2v) is 7.87. The van der Waals surface area contributed by atoms with E-state index >= 15 is 0 Å². The lowest BCUT2D eigenvalue weighted by Gasteiger charge is -2.22. The molecule has 1 heterocycles. The standard InChI is InChI=1S/C15H18Br2N2S/c1-3-18-8-12-7-13(16)4-5-14(12)19(2)9-11-6-15(17)20-10-11/h4-7,10,18H,3,8-9H2,1-2H3. The van der Waals surface area contributed by atoms with Crippen LogP contribution in [-0.4, -0.2) is 13.6 Å². The van der Waals surface area contributed by atoms with Crippen molar-refractivity contribution in [2.24, 2.45) is 0 Å². The summed E-state index contributed by atoms with van der Waals surface area (Å²) in [6, 6.07) is 8.66. The maximum atomic E-state index is 3.56. The summed E-state index contributed by atoms with van der Waals surface area (Å²) < 4.78 is 2.31. The molecule has 1 aromatic heterocycles. The Hall–Kier alpha value is -0.360. The quantitative estimate of drug-likeness (QED) is 0.709. The first-order valence-corrected chi connectivity index (χ1v) is 9.00. The predicted molar refractivity (Wildman–Crippen MR) is 95.6 cm³/mol. The van der Waals surface area contributed by atoms with E-state index in [1.807, 2.05) is 0 Å². The van der Waals surface area contributed by atoms with Crippen molar-refractivity contribution >= 4 is 48.9 Å². The van der Waals surface area contributed by atoms with E-state index in [2.05, 4.69) is 85.7 Å². The lowest BCUT2D eigenvalue weighted by atomic mass is 10.1. The minimum Gasteiger partial charge on any atom is -0.370 e. The molecule has 0 spiro atoms. The molecule has 0 fully saturated rings. The van der Waals surface area contributed by atoms with Crippen molar-refractivity contribution in [2.45, 2.75) is 20.0 Å². The number of nitrogens with one attached hydrogen (secondary N) is 1. The van der Waals surface area contributed by atoms with Crippen LogP contribution in [0.2, 0.25) is 0 Å². The van der Waals surface area contributed by atoms with Crippen LogP contribution in [0.5, 0.6) is 0 Å². The normalized spacial score (nSPS) is 10.8. The summed E-state index contributed by atoms with van der Waals surface area (Å²) in [6.07, 6.45) is 0. The Balaban J connectivity index is 2.17. The van der Waals surface area contributed by atoms with E-state index in [0.717, 1.165) is 24.1 Å². The highest BCUT2D eigenvalue weighted by atomic mass is 79.9. The molecule has 5 heteroatoms. The van der Waals surface area contributed by atoms with Crippen LogP contribution >= 0.6 is 43.2 Å². The van der Waals surface area contributed by atoms with Crippen LogP contribution in [0.25, 0.3) is 0 Å². The third-order valence-corrected chi connectivity index (χ3v) is 5.11. The van der Waals surface area contributed by atoms with Crippen LogP contribution in [0.3, 0.4) is 0 Å². The summed E-state index contributed by atoms with van der Waals surface area (Å²) in [5, 5.41) is 5.60. The molecule has 2 rings (SSSR count). The smallest absolute Gasteiger partial charge is 0.0701 e. The van der Waals surface area contributed by atoms with E-state index in [-0.39, 0.29) is 0 Å². The summed E-state index contributed by atoms with van der Waals surface area (Å²) in [6.45, 7) is 4.92. The summed E-state index contributed by atoms with van der Waals surface area (Å²) in [7, 11) is 2.14. The first-order chi connectivity index (χ1) is 9.60. The lowest BCUT2D eigenvalue weighted by Crippen LogP contribution is -2.20. The van der Waals surface area contributed by atoms with Crippen LogP contribution in [0, 0.1) is 0 Å². The molecule has 108 valence electrons. The van der Waals surface area contributed by atoms with Crippen molar-refractivity contribution in [3.8, 4) is 0 Å². The van der Waals surface area contributed by atoms with Gasteiger partial charge in [0.05, 0.1) is 3.79 Å². The summed E-state index contributed by atoms with van der Waals surface area (Å²) in [5.74, 6) is 0. The highest BCUT2D eigenvalue weighted by Gasteiger charge is 2.09. The summed E-state index contributed by atoms with van der Waals surface area (Å²) in [5.41, 5.74) is 3.93. The predicted octanol–water partition coefficient (Wildman–Crippen LogP) is 5.02. The summed E-state index contributed by atoms with van der Waals surface area (Å²) in [4.78, 5) is 2.30. The van der Waals surface area contributed by atoms with Crippen molar-refractivity contribution in [1.29, 1.82) is 0 Å². The Morgan fingerprint density at radius 1 is 1.25 bits per heavy atom. The number of benzene rings is 1. The molecular weight excluding hydrogens is 400 g/mol. The van der Waals surface area contributed by atoms with Crippen LogP contribution in [0.15, 0.2) is 37.9 Å². The maximum Gasteiger partial charge on any atom is 0.0701 e. The fraction of sp³-hybridized carbons (Fsp3) is 0.333. The van der Waals surface area contributed by atoms with Crippen molar-refractivity contribution in [3.63, 3.8) is 0 Å². The molecule has 0 aliphatic rings. The first-order valence-electron chi connectivity index (χ1n) is 6.53. The number of rotatable bonds is 6. The Kier molecular flexibility index (Phi) is 6.08. The molecule has 1 N–H and O–H groups in total. The molecular formula is C15H18Br2N2S. The number of nitrogens with zero attached hydrogens (tertiary/aromatic N) is 1. The minimum atomic E-state index is 0.892. The second-order valence-electron chi connectivity index (χ2n) is 4.67. The molecule has 20 heavy (non-hydrogen) atoms. The Labute approximate surface area is 141 Å². The van der Waals surface area contributed by atoms with E-state index in [9.17, 15) is 0 Å². The van der Waals surface area contributed by atoms with Gasteiger partial charge in [-0.05, 0) is 63.2 Å². The third kappa shape index (κ3) is 4.32. The number of hydrogen-bond donors (Lipinski definition) is 1. The van der Waals surface area contributed by atoms with Crippen LogP contribution in [-0.2, 0) is 13.1 Å². The van der Waals surface area contributed by atoms with E-state index in [1.54, 1.807) is 11.3 Å². The zero-order valence-electron chi connectivity index (χ0n) is 11.6. The van der Waals surface area contributed by atoms with Gasteiger partial charge in [-0.1, -0.05) is 22.9 Å². The van der Waals surface area contributed by atoms with Crippen molar-refractivity contribution < 1.29 is 0 Å². The van der Waals surface area contributed by atoms with E-state index in [1.165, 1.54) is 20.6 Å². The van der Waals surface area contributed by atoms with Gasteiger partial charge >= 0.3 is 0 Å². The topological polar surface area (TPSA) is 15.3 Å². The minimum absolute atomic E-state index is 0.892. The monoisotopic (exact) mass is 416 g/mol. The van der Waals surface area contributed by atoms with Crippen LogP contribution in [0.4, 0.5) is 5.69 Å². The molecule has 0 amide bonds. The van der Waals surface area contributed by atoms with Gasteiger partial charge in [0.2, 0.25) is 0 Å². The number of thiophene rings is 1. The van der Waals surface area contributed by atoms with Crippen molar-refractivity contribution in [3.05, 3.63) is 49.0 Å². The van der Waals surface area contributed by atoms with Crippen LogP contribution < -0.4 is 10.2 Å². The highest BCUT2D eigenvalue weighted by Crippen LogP contribution is 2.27.